The van der Waals surface area contributed by atoms with Gasteiger partial charge >= 0.3 is 12.0 Å². The molecule has 26 heavy (non-hydrogen) atoms. The molecule has 3 rings (SSSR count). The third-order valence-electron chi connectivity index (χ3n) is 4.93. The van der Waals surface area contributed by atoms with Gasteiger partial charge in [-0.05, 0) is 37.8 Å². The second kappa shape index (κ2) is 8.03. The fourth-order valence-corrected chi connectivity index (χ4v) is 3.65. The van der Waals surface area contributed by atoms with Gasteiger partial charge in [0.05, 0.1) is 5.92 Å². The van der Waals surface area contributed by atoms with Gasteiger partial charge in [0.1, 0.15) is 6.04 Å². The molecule has 0 saturated carbocycles. The number of benzene rings is 1. The number of para-hydroxylation sites is 1. The Balaban J connectivity index is 1.71. The summed E-state index contributed by atoms with van der Waals surface area (Å²) >= 11 is 0. The molecular formula is C19H23N3O4. The molecule has 138 valence electrons. The van der Waals surface area contributed by atoms with Crippen molar-refractivity contribution in [2.75, 3.05) is 11.9 Å². The van der Waals surface area contributed by atoms with Crippen LogP contribution in [-0.4, -0.2) is 46.5 Å². The number of amides is 3. The molecule has 2 heterocycles. The van der Waals surface area contributed by atoms with Crippen molar-refractivity contribution in [3.63, 3.8) is 0 Å². The summed E-state index contributed by atoms with van der Waals surface area (Å²) in [5.41, 5.74) is 0.639. The number of hydrogen-bond donors (Lipinski definition) is 3. The molecular weight excluding hydrogens is 334 g/mol. The summed E-state index contributed by atoms with van der Waals surface area (Å²) in [6, 6.07) is 7.48. The van der Waals surface area contributed by atoms with E-state index in [4.69, 9.17) is 0 Å². The number of hydrogen-bond acceptors (Lipinski definition) is 3. The van der Waals surface area contributed by atoms with Gasteiger partial charge in [0, 0.05) is 18.3 Å². The molecule has 3 amide bonds. The lowest BCUT2D eigenvalue weighted by Crippen LogP contribution is -2.57. The van der Waals surface area contributed by atoms with Crippen LogP contribution in [0.1, 0.15) is 25.7 Å². The largest absolute Gasteiger partial charge is 0.481 e. The number of aliphatic carboxylic acids is 1. The summed E-state index contributed by atoms with van der Waals surface area (Å²) in [6.07, 6.45) is 5.91. The van der Waals surface area contributed by atoms with Crippen molar-refractivity contribution in [2.45, 2.75) is 37.8 Å². The molecule has 7 nitrogen and oxygen atoms in total. The number of anilines is 1. The topological polar surface area (TPSA) is 98.7 Å². The van der Waals surface area contributed by atoms with E-state index in [1.54, 1.807) is 17.0 Å². The molecule has 1 fully saturated rings. The Hall–Kier alpha value is -2.83. The first-order valence-electron chi connectivity index (χ1n) is 8.87. The number of piperidine rings is 1. The molecule has 2 aliphatic rings. The van der Waals surface area contributed by atoms with Crippen molar-refractivity contribution in [1.29, 1.82) is 0 Å². The highest BCUT2D eigenvalue weighted by atomic mass is 16.4. The van der Waals surface area contributed by atoms with E-state index < -0.39 is 24.0 Å². The molecule has 7 heteroatoms. The van der Waals surface area contributed by atoms with Crippen molar-refractivity contribution < 1.29 is 19.5 Å². The zero-order chi connectivity index (χ0) is 18.5. The minimum atomic E-state index is -0.868. The number of carbonyl (C=O) groups is 3. The van der Waals surface area contributed by atoms with Gasteiger partial charge in [-0.1, -0.05) is 30.4 Å². The first-order chi connectivity index (χ1) is 12.6. The summed E-state index contributed by atoms with van der Waals surface area (Å²) in [6.45, 7) is 0.527. The Morgan fingerprint density at radius 2 is 1.85 bits per heavy atom. The molecule has 3 atom stereocenters. The maximum atomic E-state index is 12.9. The molecule has 1 aromatic carbocycles. The van der Waals surface area contributed by atoms with E-state index in [9.17, 15) is 19.5 Å². The summed E-state index contributed by atoms with van der Waals surface area (Å²) in [4.78, 5) is 38.4. The van der Waals surface area contributed by atoms with Crippen LogP contribution in [0.5, 0.6) is 0 Å². The van der Waals surface area contributed by atoms with Crippen LogP contribution in [0.2, 0.25) is 0 Å². The van der Waals surface area contributed by atoms with E-state index in [0.717, 1.165) is 0 Å². The van der Waals surface area contributed by atoms with Crippen LogP contribution < -0.4 is 10.6 Å². The molecule has 0 aliphatic carbocycles. The number of nitrogens with one attached hydrogen (secondary N) is 2. The van der Waals surface area contributed by atoms with Gasteiger partial charge in [-0.15, -0.1) is 0 Å². The standard InChI is InChI=1S/C19H23N3O4/c23-17-15(21-19(26)20-13-7-2-1-3-8-13)10-4-5-11-16-14(18(24)25)9-6-12-22(16)17/h1-5,7-8,14-16H,6,9-12H2,(H,24,25)(H2,20,21,26)/t14?,15-,16+/m0/s1. The first kappa shape index (κ1) is 18.0. The van der Waals surface area contributed by atoms with E-state index in [0.29, 0.717) is 37.9 Å². The molecule has 3 N–H and O–H groups in total. The second-order valence-electron chi connectivity index (χ2n) is 6.65. The van der Waals surface area contributed by atoms with E-state index in [-0.39, 0.29) is 11.9 Å². The van der Waals surface area contributed by atoms with Crippen LogP contribution >= 0.6 is 0 Å². The van der Waals surface area contributed by atoms with Crippen molar-refractivity contribution in [3.05, 3.63) is 42.5 Å². The van der Waals surface area contributed by atoms with Crippen molar-refractivity contribution in [1.82, 2.24) is 10.2 Å². The van der Waals surface area contributed by atoms with Crippen LogP contribution in [0.4, 0.5) is 10.5 Å². The van der Waals surface area contributed by atoms with E-state index in [1.807, 2.05) is 30.4 Å². The van der Waals surface area contributed by atoms with E-state index in [1.165, 1.54) is 0 Å². The number of carboxylic acids is 1. The highest BCUT2D eigenvalue weighted by Gasteiger charge is 2.40. The number of carbonyl (C=O) groups excluding carboxylic acids is 2. The average molecular weight is 357 g/mol. The van der Waals surface area contributed by atoms with Crippen LogP contribution in [0.3, 0.4) is 0 Å². The van der Waals surface area contributed by atoms with Gasteiger partial charge in [-0.3, -0.25) is 9.59 Å². The van der Waals surface area contributed by atoms with Gasteiger partial charge in [0.25, 0.3) is 0 Å². The van der Waals surface area contributed by atoms with Crippen LogP contribution in [-0.2, 0) is 9.59 Å². The van der Waals surface area contributed by atoms with E-state index in [2.05, 4.69) is 10.6 Å². The lowest BCUT2D eigenvalue weighted by Gasteiger charge is -2.41. The summed E-state index contributed by atoms with van der Waals surface area (Å²) in [5.74, 6) is -1.64. The lowest BCUT2D eigenvalue weighted by molar-refractivity contribution is -0.150. The molecule has 1 aromatic rings. The second-order valence-corrected chi connectivity index (χ2v) is 6.65. The van der Waals surface area contributed by atoms with Gasteiger partial charge in [-0.2, -0.15) is 0 Å². The summed E-state index contributed by atoms with van der Waals surface area (Å²) < 4.78 is 0. The normalized spacial score (nSPS) is 25.6. The Morgan fingerprint density at radius 3 is 2.58 bits per heavy atom. The number of carboxylic acid groups (broad SMARTS) is 1. The van der Waals surface area contributed by atoms with Crippen LogP contribution in [0.15, 0.2) is 42.5 Å². The summed E-state index contributed by atoms with van der Waals surface area (Å²) in [7, 11) is 0. The van der Waals surface area contributed by atoms with Gasteiger partial charge in [0.2, 0.25) is 5.91 Å². The monoisotopic (exact) mass is 357 g/mol. The average Bonchev–Trinajstić information content (AvgIpc) is 2.63. The van der Waals surface area contributed by atoms with Gasteiger partial charge in [0.15, 0.2) is 0 Å². The SMILES string of the molecule is O=C(Nc1ccccc1)N[C@H]1CC=CC[C@@H]2C(C(=O)O)CCCN2C1=O. The van der Waals surface area contributed by atoms with Crippen molar-refractivity contribution >= 4 is 23.6 Å². The molecule has 0 spiro atoms. The van der Waals surface area contributed by atoms with Crippen molar-refractivity contribution in [2.24, 2.45) is 5.92 Å². The molecule has 1 saturated heterocycles. The predicted molar refractivity (Wildman–Crippen MR) is 96.6 cm³/mol. The molecule has 2 aliphatic heterocycles. The lowest BCUT2D eigenvalue weighted by atomic mass is 9.85. The zero-order valence-electron chi connectivity index (χ0n) is 14.4. The highest BCUT2D eigenvalue weighted by Crippen LogP contribution is 2.29. The minimum absolute atomic E-state index is 0.214. The molecule has 0 aromatic heterocycles. The van der Waals surface area contributed by atoms with Gasteiger partial charge in [-0.25, -0.2) is 4.79 Å². The highest BCUT2D eigenvalue weighted by molar-refractivity contribution is 5.94. The maximum Gasteiger partial charge on any atom is 0.319 e. The molecule has 0 radical (unpaired) electrons. The van der Waals surface area contributed by atoms with E-state index >= 15 is 0 Å². The third kappa shape index (κ3) is 4.04. The maximum absolute atomic E-state index is 12.9. The Bertz CT molecular complexity index is 704. The number of urea groups is 1. The Morgan fingerprint density at radius 1 is 1.12 bits per heavy atom. The predicted octanol–water partition coefficient (Wildman–Crippen LogP) is 2.22. The Kier molecular flexibility index (Phi) is 5.55. The number of fused-ring (bicyclic) bond motifs is 1. The Labute approximate surface area is 152 Å². The van der Waals surface area contributed by atoms with Gasteiger partial charge < -0.3 is 20.6 Å². The first-order valence-corrected chi connectivity index (χ1v) is 8.87. The quantitative estimate of drug-likeness (QED) is 0.722. The minimum Gasteiger partial charge on any atom is -0.481 e. The third-order valence-corrected chi connectivity index (χ3v) is 4.93. The molecule has 0 bridgehead atoms. The smallest absolute Gasteiger partial charge is 0.319 e. The zero-order valence-corrected chi connectivity index (χ0v) is 14.4. The van der Waals surface area contributed by atoms with Crippen molar-refractivity contribution in [3.8, 4) is 0 Å². The fourth-order valence-electron chi connectivity index (χ4n) is 3.65. The van der Waals surface area contributed by atoms with Crippen LogP contribution in [0.25, 0.3) is 0 Å². The summed E-state index contributed by atoms with van der Waals surface area (Å²) in [5, 5.41) is 14.9. The number of rotatable bonds is 3. The number of nitrogens with zero attached hydrogens (tertiary/aromatic N) is 1. The van der Waals surface area contributed by atoms with Crippen LogP contribution in [0, 0.1) is 5.92 Å². The molecule has 1 unspecified atom stereocenters. The fraction of sp³-hybridized carbons (Fsp3) is 0.421.